The average molecular weight is 320 g/mol. The van der Waals surface area contributed by atoms with Gasteiger partial charge in [0.15, 0.2) is 0 Å². The highest BCUT2D eigenvalue weighted by atomic mass is 32.1. The van der Waals surface area contributed by atoms with E-state index in [0.717, 1.165) is 43.6 Å². The number of nitrogens with zero attached hydrogens (tertiary/aromatic N) is 1. The Bertz CT molecular complexity index is 537. The molecule has 1 N–H and O–H groups in total. The van der Waals surface area contributed by atoms with Crippen LogP contribution in [0.15, 0.2) is 18.2 Å². The van der Waals surface area contributed by atoms with E-state index < -0.39 is 0 Å². The number of carbonyl (C=O) groups is 2. The summed E-state index contributed by atoms with van der Waals surface area (Å²) in [6, 6.07) is 4.06. The van der Waals surface area contributed by atoms with Gasteiger partial charge in [0.25, 0.3) is 0 Å². The highest BCUT2D eigenvalue weighted by molar-refractivity contribution is 7.12. The van der Waals surface area contributed by atoms with Crippen molar-refractivity contribution in [2.45, 2.75) is 39.0 Å². The van der Waals surface area contributed by atoms with Crippen LogP contribution in [0.5, 0.6) is 0 Å². The summed E-state index contributed by atoms with van der Waals surface area (Å²) in [6.07, 6.45) is 8.13. The van der Waals surface area contributed by atoms with Gasteiger partial charge in [-0.2, -0.15) is 0 Å². The summed E-state index contributed by atoms with van der Waals surface area (Å²) in [5, 5.41) is 2.88. The molecule has 0 spiro atoms. The zero-order valence-electron chi connectivity index (χ0n) is 13.1. The monoisotopic (exact) mass is 320 g/mol. The molecule has 120 valence electrons. The lowest BCUT2D eigenvalue weighted by Gasteiger charge is -2.26. The molecule has 1 aliphatic heterocycles. The van der Waals surface area contributed by atoms with Crippen molar-refractivity contribution in [3.05, 3.63) is 28.0 Å². The van der Waals surface area contributed by atoms with E-state index in [2.05, 4.69) is 12.2 Å². The molecule has 1 aliphatic rings. The summed E-state index contributed by atoms with van der Waals surface area (Å²) >= 11 is 1.67. The third-order valence-electron chi connectivity index (χ3n) is 3.74. The molecule has 0 atom stereocenters. The first kappa shape index (κ1) is 16.7. The first-order chi connectivity index (χ1) is 10.6. The molecule has 22 heavy (non-hydrogen) atoms. The summed E-state index contributed by atoms with van der Waals surface area (Å²) in [6.45, 7) is 4.43. The zero-order valence-corrected chi connectivity index (χ0v) is 14.0. The van der Waals surface area contributed by atoms with Crippen molar-refractivity contribution in [1.29, 1.82) is 0 Å². The van der Waals surface area contributed by atoms with Gasteiger partial charge >= 0.3 is 0 Å². The van der Waals surface area contributed by atoms with Crippen LogP contribution in [-0.4, -0.2) is 36.3 Å². The molecule has 0 aliphatic carbocycles. The molecule has 1 fully saturated rings. The van der Waals surface area contributed by atoms with Gasteiger partial charge in [-0.15, -0.1) is 11.3 Å². The summed E-state index contributed by atoms with van der Waals surface area (Å²) < 4.78 is 0. The van der Waals surface area contributed by atoms with E-state index in [9.17, 15) is 9.59 Å². The highest BCUT2D eigenvalue weighted by Gasteiger charge is 2.16. The second-order valence-corrected chi connectivity index (χ2v) is 6.94. The van der Waals surface area contributed by atoms with E-state index in [1.54, 1.807) is 17.4 Å². The van der Waals surface area contributed by atoms with Crippen LogP contribution >= 0.6 is 11.3 Å². The van der Waals surface area contributed by atoms with Gasteiger partial charge in [-0.1, -0.05) is 0 Å². The molecule has 0 radical (unpaired) electrons. The predicted octanol–water partition coefficient (Wildman–Crippen LogP) is 2.98. The lowest BCUT2D eigenvalue weighted by atomic mass is 10.1. The molecular weight excluding hydrogens is 296 g/mol. The van der Waals surface area contributed by atoms with Crippen LogP contribution in [-0.2, 0) is 9.59 Å². The number of carbonyl (C=O) groups excluding carboxylic acids is 2. The Morgan fingerprint density at radius 1 is 1.36 bits per heavy atom. The third kappa shape index (κ3) is 5.64. The van der Waals surface area contributed by atoms with Crippen LogP contribution in [0.3, 0.4) is 0 Å². The Labute approximate surface area is 136 Å². The van der Waals surface area contributed by atoms with Gasteiger partial charge in [-0.25, -0.2) is 0 Å². The molecule has 1 aromatic heterocycles. The van der Waals surface area contributed by atoms with Gasteiger partial charge in [0.2, 0.25) is 11.8 Å². The Morgan fingerprint density at radius 3 is 2.95 bits per heavy atom. The van der Waals surface area contributed by atoms with E-state index in [-0.39, 0.29) is 11.8 Å². The van der Waals surface area contributed by atoms with Crippen LogP contribution < -0.4 is 5.32 Å². The topological polar surface area (TPSA) is 49.4 Å². The van der Waals surface area contributed by atoms with Gasteiger partial charge < -0.3 is 10.2 Å². The number of likely N-dealkylation sites (tertiary alicyclic amines) is 1. The van der Waals surface area contributed by atoms with Crippen molar-refractivity contribution in [2.24, 2.45) is 0 Å². The van der Waals surface area contributed by atoms with Crippen LogP contribution in [0.25, 0.3) is 6.08 Å². The Kier molecular flexibility index (Phi) is 6.65. The van der Waals surface area contributed by atoms with E-state index in [1.165, 1.54) is 4.88 Å². The lowest BCUT2D eigenvalue weighted by Crippen LogP contribution is -2.36. The second-order valence-electron chi connectivity index (χ2n) is 5.62. The molecule has 1 saturated heterocycles. The smallest absolute Gasteiger partial charge is 0.244 e. The first-order valence-corrected chi connectivity index (χ1v) is 8.77. The number of aryl methyl sites for hydroxylation is 1. The number of piperidine rings is 1. The largest absolute Gasteiger partial charge is 0.353 e. The molecule has 2 rings (SSSR count). The highest BCUT2D eigenvalue weighted by Crippen LogP contribution is 2.16. The summed E-state index contributed by atoms with van der Waals surface area (Å²) in [5.41, 5.74) is 0. The summed E-state index contributed by atoms with van der Waals surface area (Å²) in [7, 11) is 0. The molecule has 0 saturated carbocycles. The van der Waals surface area contributed by atoms with Crippen LogP contribution in [0.2, 0.25) is 0 Å². The van der Waals surface area contributed by atoms with Gasteiger partial charge in [-0.05, 0) is 50.8 Å². The standard InChI is InChI=1S/C17H24N2O2S/c1-14-7-8-15(22-14)9-10-16(20)18-11-3-5-13-19-12-4-2-6-17(19)21/h7-10H,2-6,11-13H2,1H3,(H,18,20)/b10-9+. The van der Waals surface area contributed by atoms with Crippen molar-refractivity contribution in [2.75, 3.05) is 19.6 Å². The molecule has 2 amide bonds. The summed E-state index contributed by atoms with van der Waals surface area (Å²) in [5.74, 6) is 0.226. The minimum Gasteiger partial charge on any atom is -0.353 e. The molecule has 0 aromatic carbocycles. The maximum atomic E-state index is 11.7. The van der Waals surface area contributed by atoms with Crippen LogP contribution in [0.4, 0.5) is 0 Å². The van der Waals surface area contributed by atoms with Gasteiger partial charge in [0.05, 0.1) is 0 Å². The number of rotatable bonds is 7. The number of nitrogens with one attached hydrogen (secondary N) is 1. The SMILES string of the molecule is Cc1ccc(/C=C/C(=O)NCCCCN2CCCCC2=O)s1. The maximum Gasteiger partial charge on any atom is 0.244 e. The number of amides is 2. The molecule has 4 nitrogen and oxygen atoms in total. The normalized spacial score (nSPS) is 15.5. The van der Waals surface area contributed by atoms with E-state index in [0.29, 0.717) is 13.0 Å². The Morgan fingerprint density at radius 2 is 2.23 bits per heavy atom. The van der Waals surface area contributed by atoms with Crippen molar-refractivity contribution in [1.82, 2.24) is 10.2 Å². The molecule has 0 bridgehead atoms. The molecular formula is C17H24N2O2S. The van der Waals surface area contributed by atoms with Crippen LogP contribution in [0, 0.1) is 6.92 Å². The maximum absolute atomic E-state index is 11.7. The lowest BCUT2D eigenvalue weighted by molar-refractivity contribution is -0.133. The fourth-order valence-corrected chi connectivity index (χ4v) is 3.28. The van der Waals surface area contributed by atoms with Crippen molar-refractivity contribution in [3.8, 4) is 0 Å². The minimum absolute atomic E-state index is 0.0555. The molecule has 1 aromatic rings. The number of hydrogen-bond acceptors (Lipinski definition) is 3. The van der Waals surface area contributed by atoms with E-state index in [1.807, 2.05) is 23.1 Å². The quantitative estimate of drug-likeness (QED) is 0.620. The second kappa shape index (κ2) is 8.73. The summed E-state index contributed by atoms with van der Waals surface area (Å²) in [4.78, 5) is 27.6. The third-order valence-corrected chi connectivity index (χ3v) is 4.70. The fraction of sp³-hybridized carbons (Fsp3) is 0.529. The van der Waals surface area contributed by atoms with Crippen molar-refractivity contribution < 1.29 is 9.59 Å². The molecule has 0 unspecified atom stereocenters. The van der Waals surface area contributed by atoms with E-state index >= 15 is 0 Å². The van der Waals surface area contributed by atoms with E-state index in [4.69, 9.17) is 0 Å². The first-order valence-electron chi connectivity index (χ1n) is 7.95. The number of hydrogen-bond donors (Lipinski definition) is 1. The fourth-order valence-electron chi connectivity index (χ4n) is 2.50. The Hall–Kier alpha value is -1.62. The van der Waals surface area contributed by atoms with Gasteiger partial charge in [0, 0.05) is 41.9 Å². The number of thiophene rings is 1. The minimum atomic E-state index is -0.0555. The molecule has 5 heteroatoms. The van der Waals surface area contributed by atoms with Crippen molar-refractivity contribution >= 4 is 29.2 Å². The van der Waals surface area contributed by atoms with Crippen LogP contribution in [0.1, 0.15) is 41.9 Å². The zero-order chi connectivity index (χ0) is 15.8. The van der Waals surface area contributed by atoms with Gasteiger partial charge in [0.1, 0.15) is 0 Å². The number of unbranched alkanes of at least 4 members (excludes halogenated alkanes) is 1. The Balaban J connectivity index is 1.57. The molecule has 2 heterocycles. The van der Waals surface area contributed by atoms with Crippen molar-refractivity contribution in [3.63, 3.8) is 0 Å². The van der Waals surface area contributed by atoms with Gasteiger partial charge in [-0.3, -0.25) is 9.59 Å². The average Bonchev–Trinajstić information content (AvgIpc) is 2.92. The predicted molar refractivity (Wildman–Crippen MR) is 90.8 cm³/mol.